The van der Waals surface area contributed by atoms with E-state index in [1.807, 2.05) is 20.8 Å². The Morgan fingerprint density at radius 2 is 2.13 bits per heavy atom. The van der Waals surface area contributed by atoms with Gasteiger partial charge in [0.25, 0.3) is 0 Å². The number of likely N-dealkylation sites (tertiary alicyclic amines) is 1. The maximum atomic E-state index is 11.7. The van der Waals surface area contributed by atoms with E-state index < -0.39 is 11.7 Å². The molecular formula is C10H19NO3S. The van der Waals surface area contributed by atoms with Gasteiger partial charge in [-0.1, -0.05) is 0 Å². The Hall–Kier alpha value is -0.420. The van der Waals surface area contributed by atoms with E-state index >= 15 is 0 Å². The molecule has 5 heteroatoms. The fourth-order valence-corrected chi connectivity index (χ4v) is 1.76. The van der Waals surface area contributed by atoms with Crippen LogP contribution in [-0.4, -0.2) is 46.1 Å². The molecule has 2 atom stereocenters. The molecule has 1 aliphatic rings. The first-order chi connectivity index (χ1) is 6.79. The van der Waals surface area contributed by atoms with Gasteiger partial charge in [0.2, 0.25) is 0 Å². The summed E-state index contributed by atoms with van der Waals surface area (Å²) in [5.41, 5.74) is -0.473. The van der Waals surface area contributed by atoms with Gasteiger partial charge in [0, 0.05) is 18.3 Å². The van der Waals surface area contributed by atoms with Crippen LogP contribution in [0.15, 0.2) is 0 Å². The van der Waals surface area contributed by atoms with Crippen molar-refractivity contribution >= 4 is 18.7 Å². The van der Waals surface area contributed by atoms with Crippen molar-refractivity contribution in [1.29, 1.82) is 0 Å². The van der Waals surface area contributed by atoms with E-state index in [1.54, 1.807) is 4.90 Å². The molecule has 2 unspecified atom stereocenters. The molecule has 0 aromatic carbocycles. The molecule has 0 bridgehead atoms. The summed E-state index contributed by atoms with van der Waals surface area (Å²) in [7, 11) is 0. The van der Waals surface area contributed by atoms with Gasteiger partial charge in [0.1, 0.15) is 5.60 Å². The number of amides is 1. The first-order valence-electron chi connectivity index (χ1n) is 5.13. The van der Waals surface area contributed by atoms with Crippen molar-refractivity contribution in [2.45, 2.75) is 44.1 Å². The number of hydrogen-bond acceptors (Lipinski definition) is 4. The van der Waals surface area contributed by atoms with Crippen LogP contribution in [0.3, 0.4) is 0 Å². The molecule has 1 saturated heterocycles. The summed E-state index contributed by atoms with van der Waals surface area (Å²) in [6.45, 7) is 6.48. The minimum atomic E-state index is -0.473. The van der Waals surface area contributed by atoms with Gasteiger partial charge in [-0.25, -0.2) is 4.79 Å². The first kappa shape index (κ1) is 12.6. The molecular weight excluding hydrogens is 214 g/mol. The molecule has 15 heavy (non-hydrogen) atoms. The third kappa shape index (κ3) is 3.91. The predicted molar refractivity (Wildman–Crippen MR) is 61.2 cm³/mol. The zero-order chi connectivity index (χ0) is 11.6. The van der Waals surface area contributed by atoms with Crippen molar-refractivity contribution in [2.75, 3.05) is 13.1 Å². The third-order valence-electron chi connectivity index (χ3n) is 2.20. The number of ether oxygens (including phenoxy) is 1. The quantitative estimate of drug-likeness (QED) is 0.620. The number of carbonyl (C=O) groups is 1. The lowest BCUT2D eigenvalue weighted by Crippen LogP contribution is -2.48. The maximum absolute atomic E-state index is 11.7. The van der Waals surface area contributed by atoms with Crippen LogP contribution in [0.2, 0.25) is 0 Å². The molecule has 1 heterocycles. The number of carbonyl (C=O) groups excluding carboxylic acids is 1. The van der Waals surface area contributed by atoms with Gasteiger partial charge in [-0.2, -0.15) is 12.6 Å². The van der Waals surface area contributed by atoms with Crippen LogP contribution in [-0.2, 0) is 4.74 Å². The van der Waals surface area contributed by atoms with Crippen molar-refractivity contribution in [2.24, 2.45) is 0 Å². The Morgan fingerprint density at radius 3 is 2.60 bits per heavy atom. The molecule has 0 radical (unpaired) electrons. The van der Waals surface area contributed by atoms with Crippen molar-refractivity contribution in [3.8, 4) is 0 Å². The third-order valence-corrected chi connectivity index (χ3v) is 2.71. The van der Waals surface area contributed by atoms with Crippen molar-refractivity contribution in [3.05, 3.63) is 0 Å². The Morgan fingerprint density at radius 1 is 1.53 bits per heavy atom. The lowest BCUT2D eigenvalue weighted by atomic mass is 10.1. The van der Waals surface area contributed by atoms with Crippen molar-refractivity contribution in [3.63, 3.8) is 0 Å². The summed E-state index contributed by atoms with van der Waals surface area (Å²) in [4.78, 5) is 13.2. The van der Waals surface area contributed by atoms with Crippen molar-refractivity contribution in [1.82, 2.24) is 4.90 Å². The molecule has 0 saturated carbocycles. The fourth-order valence-electron chi connectivity index (χ4n) is 1.41. The molecule has 1 amide bonds. The highest BCUT2D eigenvalue weighted by molar-refractivity contribution is 7.81. The van der Waals surface area contributed by atoms with E-state index in [-0.39, 0.29) is 11.3 Å². The molecule has 1 N–H and O–H groups in total. The average Bonchev–Trinajstić information content (AvgIpc) is 2.06. The zero-order valence-electron chi connectivity index (χ0n) is 9.43. The SMILES string of the molecule is CC(C)(C)OC(=O)N1CCC(O)C(S)C1. The van der Waals surface area contributed by atoms with E-state index in [2.05, 4.69) is 12.6 Å². The summed E-state index contributed by atoms with van der Waals surface area (Å²) in [6.07, 6.45) is -0.187. The molecule has 0 aromatic rings. The molecule has 1 fully saturated rings. The largest absolute Gasteiger partial charge is 0.444 e. The van der Waals surface area contributed by atoms with E-state index in [4.69, 9.17) is 4.74 Å². The average molecular weight is 233 g/mol. The van der Waals surface area contributed by atoms with Gasteiger partial charge < -0.3 is 14.7 Å². The second-order valence-electron chi connectivity index (χ2n) is 4.85. The number of thiol groups is 1. The van der Waals surface area contributed by atoms with Gasteiger partial charge in [0.15, 0.2) is 0 Å². The van der Waals surface area contributed by atoms with E-state index in [0.717, 1.165) is 0 Å². The lowest BCUT2D eigenvalue weighted by Gasteiger charge is -2.34. The maximum Gasteiger partial charge on any atom is 0.410 e. The van der Waals surface area contributed by atoms with Crippen LogP contribution in [0.1, 0.15) is 27.2 Å². The minimum absolute atomic E-state index is 0.175. The Kier molecular flexibility index (Phi) is 3.89. The molecule has 88 valence electrons. The standard InChI is InChI=1S/C10H19NO3S/c1-10(2,3)14-9(13)11-5-4-7(12)8(15)6-11/h7-8,12,15H,4-6H2,1-3H3. The number of aliphatic hydroxyl groups excluding tert-OH is 1. The molecule has 0 spiro atoms. The molecule has 0 aliphatic carbocycles. The van der Waals surface area contributed by atoms with Crippen LogP contribution in [0, 0.1) is 0 Å². The Balaban J connectivity index is 2.48. The summed E-state index contributed by atoms with van der Waals surface area (Å²) >= 11 is 4.22. The van der Waals surface area contributed by atoms with Crippen molar-refractivity contribution < 1.29 is 14.6 Å². The lowest BCUT2D eigenvalue weighted by molar-refractivity contribution is 0.0117. The molecule has 4 nitrogen and oxygen atoms in total. The van der Waals surface area contributed by atoms with Crippen LogP contribution in [0.25, 0.3) is 0 Å². The monoisotopic (exact) mass is 233 g/mol. The molecule has 1 aliphatic heterocycles. The number of aliphatic hydroxyl groups is 1. The van der Waals surface area contributed by atoms with Crippen LogP contribution < -0.4 is 0 Å². The van der Waals surface area contributed by atoms with Crippen LogP contribution in [0.4, 0.5) is 4.79 Å². The topological polar surface area (TPSA) is 49.8 Å². The predicted octanol–water partition coefficient (Wildman–Crippen LogP) is 1.29. The summed E-state index contributed by atoms with van der Waals surface area (Å²) in [6, 6.07) is 0. The second kappa shape index (κ2) is 4.61. The van der Waals surface area contributed by atoms with Gasteiger partial charge in [-0.05, 0) is 27.2 Å². The number of nitrogens with zero attached hydrogens (tertiary/aromatic N) is 1. The van der Waals surface area contributed by atoms with Gasteiger partial charge in [-0.3, -0.25) is 0 Å². The Bertz CT molecular complexity index is 239. The van der Waals surface area contributed by atoms with Gasteiger partial charge >= 0.3 is 6.09 Å². The summed E-state index contributed by atoms with van der Waals surface area (Å²) < 4.78 is 5.23. The Labute approximate surface area is 96.0 Å². The van der Waals surface area contributed by atoms with Crippen LogP contribution >= 0.6 is 12.6 Å². The smallest absolute Gasteiger partial charge is 0.410 e. The fraction of sp³-hybridized carbons (Fsp3) is 0.900. The normalized spacial score (nSPS) is 27.7. The highest BCUT2D eigenvalue weighted by Crippen LogP contribution is 2.18. The zero-order valence-corrected chi connectivity index (χ0v) is 10.3. The molecule has 0 aromatic heterocycles. The van der Waals surface area contributed by atoms with Gasteiger partial charge in [0.05, 0.1) is 6.10 Å². The van der Waals surface area contributed by atoms with E-state index in [0.29, 0.717) is 19.5 Å². The summed E-state index contributed by atoms with van der Waals surface area (Å²) in [5, 5.41) is 9.28. The first-order valence-corrected chi connectivity index (χ1v) is 5.65. The number of hydrogen-bond donors (Lipinski definition) is 2. The highest BCUT2D eigenvalue weighted by atomic mass is 32.1. The molecule has 1 rings (SSSR count). The van der Waals surface area contributed by atoms with E-state index in [1.165, 1.54) is 0 Å². The number of rotatable bonds is 0. The minimum Gasteiger partial charge on any atom is -0.444 e. The van der Waals surface area contributed by atoms with Crippen LogP contribution in [0.5, 0.6) is 0 Å². The highest BCUT2D eigenvalue weighted by Gasteiger charge is 2.30. The van der Waals surface area contributed by atoms with E-state index in [9.17, 15) is 9.90 Å². The number of piperidine rings is 1. The van der Waals surface area contributed by atoms with Gasteiger partial charge in [-0.15, -0.1) is 0 Å². The second-order valence-corrected chi connectivity index (χ2v) is 5.51. The summed E-state index contributed by atoms with van der Waals surface area (Å²) in [5.74, 6) is 0.